The Hall–Kier alpha value is -1.53. The maximum absolute atomic E-state index is 11.7. The van der Waals surface area contributed by atoms with E-state index in [-0.39, 0.29) is 24.4 Å². The normalized spacial score (nSPS) is 20.9. The molecule has 0 spiro atoms. The van der Waals surface area contributed by atoms with Crippen molar-refractivity contribution in [2.24, 2.45) is 0 Å². The second kappa shape index (κ2) is 5.41. The molecule has 0 aromatic carbocycles. The van der Waals surface area contributed by atoms with Crippen LogP contribution in [0.15, 0.2) is 12.4 Å². The van der Waals surface area contributed by atoms with Crippen LogP contribution in [0.3, 0.4) is 0 Å². The highest BCUT2D eigenvalue weighted by Crippen LogP contribution is 2.13. The van der Waals surface area contributed by atoms with Crippen molar-refractivity contribution < 1.29 is 9.59 Å². The lowest BCUT2D eigenvalue weighted by atomic mass is 10.1. The zero-order chi connectivity index (χ0) is 13.1. The van der Waals surface area contributed by atoms with E-state index in [1.165, 1.54) is 6.20 Å². The molecular formula is C11H13ClN4O2. The summed E-state index contributed by atoms with van der Waals surface area (Å²) in [5.41, 5.74) is 0.681. The van der Waals surface area contributed by atoms with Gasteiger partial charge in [-0.3, -0.25) is 24.8 Å². The van der Waals surface area contributed by atoms with Gasteiger partial charge < -0.3 is 0 Å². The van der Waals surface area contributed by atoms with Crippen molar-refractivity contribution in [1.82, 2.24) is 20.2 Å². The molecule has 1 unspecified atom stereocenters. The fraction of sp³-hybridized carbons (Fsp3) is 0.455. The summed E-state index contributed by atoms with van der Waals surface area (Å²) in [6, 6.07) is -0.305. The van der Waals surface area contributed by atoms with E-state index >= 15 is 0 Å². The lowest BCUT2D eigenvalue weighted by molar-refractivity contribution is -0.140. The first-order valence-corrected chi connectivity index (χ1v) is 6.02. The number of nitrogens with zero attached hydrogens (tertiary/aromatic N) is 3. The molecule has 0 saturated carbocycles. The Bertz CT molecular complexity index is 463. The Morgan fingerprint density at radius 1 is 1.44 bits per heavy atom. The molecule has 1 atom stereocenters. The summed E-state index contributed by atoms with van der Waals surface area (Å²) in [5.74, 6) is -0.540. The van der Waals surface area contributed by atoms with E-state index in [1.807, 2.05) is 6.92 Å². The number of piperazine rings is 1. The first-order valence-electron chi connectivity index (χ1n) is 5.64. The molecule has 0 radical (unpaired) electrons. The smallest absolute Gasteiger partial charge is 0.243 e. The van der Waals surface area contributed by atoms with Crippen LogP contribution in [0.1, 0.15) is 19.0 Å². The molecule has 96 valence electrons. The average Bonchev–Trinajstić information content (AvgIpc) is 2.32. The van der Waals surface area contributed by atoms with Gasteiger partial charge in [-0.25, -0.2) is 4.98 Å². The number of aromatic nitrogens is 2. The maximum Gasteiger partial charge on any atom is 0.243 e. The van der Waals surface area contributed by atoms with Crippen molar-refractivity contribution in [2.45, 2.75) is 25.9 Å². The summed E-state index contributed by atoms with van der Waals surface area (Å²) in [4.78, 5) is 32.8. The van der Waals surface area contributed by atoms with Crippen LogP contribution in [0, 0.1) is 0 Å². The van der Waals surface area contributed by atoms with Crippen LogP contribution in [-0.2, 0) is 16.1 Å². The summed E-state index contributed by atoms with van der Waals surface area (Å²) in [6.45, 7) is 2.50. The Morgan fingerprint density at radius 2 is 2.22 bits per heavy atom. The highest BCUT2D eigenvalue weighted by Gasteiger charge is 2.32. The predicted molar refractivity (Wildman–Crippen MR) is 64.7 cm³/mol. The van der Waals surface area contributed by atoms with Gasteiger partial charge in [0.15, 0.2) is 0 Å². The fourth-order valence-electron chi connectivity index (χ4n) is 1.96. The molecule has 2 amide bonds. The summed E-state index contributed by atoms with van der Waals surface area (Å²) >= 11 is 5.65. The quantitative estimate of drug-likeness (QED) is 0.802. The van der Waals surface area contributed by atoms with Crippen molar-refractivity contribution in [3.63, 3.8) is 0 Å². The van der Waals surface area contributed by atoms with E-state index in [0.717, 1.165) is 0 Å². The van der Waals surface area contributed by atoms with E-state index in [4.69, 9.17) is 11.6 Å². The maximum atomic E-state index is 11.7. The Balaban J connectivity index is 2.12. The fourth-order valence-corrected chi connectivity index (χ4v) is 2.06. The van der Waals surface area contributed by atoms with Gasteiger partial charge in [-0.2, -0.15) is 0 Å². The molecule has 2 rings (SSSR count). The number of nitrogens with one attached hydrogen (secondary N) is 1. The van der Waals surface area contributed by atoms with Crippen molar-refractivity contribution >= 4 is 23.4 Å². The van der Waals surface area contributed by atoms with Gasteiger partial charge in [-0.05, 0) is 6.42 Å². The first-order chi connectivity index (χ1) is 8.60. The molecule has 18 heavy (non-hydrogen) atoms. The number of carbonyl (C=O) groups excluding carboxylic acids is 2. The van der Waals surface area contributed by atoms with Crippen LogP contribution in [0.4, 0.5) is 0 Å². The standard InChI is InChI=1S/C11H13ClN4O2/c1-2-8-11(18)15-10(17)6-16(8)5-7-3-14-9(12)4-13-7/h3-4,8H,2,5-6H2,1H3,(H,15,17,18). The lowest BCUT2D eigenvalue weighted by Crippen LogP contribution is -2.57. The van der Waals surface area contributed by atoms with Gasteiger partial charge in [-0.1, -0.05) is 18.5 Å². The zero-order valence-corrected chi connectivity index (χ0v) is 10.6. The minimum absolute atomic E-state index is 0.189. The molecule has 1 aliphatic rings. The summed E-state index contributed by atoms with van der Waals surface area (Å²) in [5, 5.41) is 2.65. The SMILES string of the molecule is CCC1C(=O)NC(=O)CN1Cc1cnc(Cl)cn1. The monoisotopic (exact) mass is 268 g/mol. The van der Waals surface area contributed by atoms with Crippen LogP contribution < -0.4 is 5.32 Å². The van der Waals surface area contributed by atoms with Crippen molar-refractivity contribution in [3.8, 4) is 0 Å². The third-order valence-electron chi connectivity index (χ3n) is 2.78. The van der Waals surface area contributed by atoms with Crippen molar-refractivity contribution in [3.05, 3.63) is 23.2 Å². The number of halogens is 1. The number of imide groups is 1. The molecule has 6 nitrogen and oxygen atoms in total. The molecule has 1 aromatic heterocycles. The van der Waals surface area contributed by atoms with Gasteiger partial charge in [0.05, 0.1) is 30.7 Å². The highest BCUT2D eigenvalue weighted by molar-refractivity contribution is 6.29. The number of hydrogen-bond acceptors (Lipinski definition) is 5. The van der Waals surface area contributed by atoms with Crippen molar-refractivity contribution in [2.75, 3.05) is 6.54 Å². The summed E-state index contributed by atoms with van der Waals surface area (Å²) < 4.78 is 0. The third kappa shape index (κ3) is 2.83. The van der Waals surface area contributed by atoms with E-state index in [0.29, 0.717) is 23.8 Å². The van der Waals surface area contributed by atoms with E-state index in [2.05, 4.69) is 15.3 Å². The molecule has 1 N–H and O–H groups in total. The van der Waals surface area contributed by atoms with Gasteiger partial charge in [0.1, 0.15) is 5.15 Å². The number of rotatable bonds is 3. The molecule has 0 bridgehead atoms. The minimum Gasteiger partial charge on any atom is -0.294 e. The molecule has 0 aliphatic carbocycles. The Morgan fingerprint density at radius 3 is 2.83 bits per heavy atom. The van der Waals surface area contributed by atoms with E-state index in [9.17, 15) is 9.59 Å². The van der Waals surface area contributed by atoms with Crippen LogP contribution in [-0.4, -0.2) is 39.3 Å². The Kier molecular flexibility index (Phi) is 3.88. The van der Waals surface area contributed by atoms with Crippen LogP contribution in [0.25, 0.3) is 0 Å². The molecule has 1 aliphatic heterocycles. The van der Waals surface area contributed by atoms with Gasteiger partial charge >= 0.3 is 0 Å². The molecule has 1 fully saturated rings. The third-order valence-corrected chi connectivity index (χ3v) is 2.97. The predicted octanol–water partition coefficient (Wildman–Crippen LogP) is 0.367. The van der Waals surface area contributed by atoms with E-state index < -0.39 is 0 Å². The van der Waals surface area contributed by atoms with Crippen molar-refractivity contribution in [1.29, 1.82) is 0 Å². The average molecular weight is 269 g/mol. The summed E-state index contributed by atoms with van der Waals surface area (Å²) in [6.07, 6.45) is 3.63. The number of hydrogen-bond donors (Lipinski definition) is 1. The second-order valence-electron chi connectivity index (χ2n) is 4.07. The van der Waals surface area contributed by atoms with Crippen LogP contribution in [0.2, 0.25) is 5.15 Å². The second-order valence-corrected chi connectivity index (χ2v) is 4.46. The van der Waals surface area contributed by atoms with Gasteiger partial charge in [-0.15, -0.1) is 0 Å². The van der Waals surface area contributed by atoms with Gasteiger partial charge in [0.2, 0.25) is 11.8 Å². The molecule has 1 aromatic rings. The number of amides is 2. The van der Waals surface area contributed by atoms with Gasteiger partial charge in [0, 0.05) is 6.54 Å². The zero-order valence-electron chi connectivity index (χ0n) is 9.89. The molecule has 2 heterocycles. The van der Waals surface area contributed by atoms with E-state index in [1.54, 1.807) is 11.1 Å². The highest BCUT2D eigenvalue weighted by atomic mass is 35.5. The minimum atomic E-state index is -0.305. The topological polar surface area (TPSA) is 75.2 Å². The van der Waals surface area contributed by atoms with Gasteiger partial charge in [0.25, 0.3) is 0 Å². The Labute approximate surface area is 109 Å². The largest absolute Gasteiger partial charge is 0.294 e. The molecule has 1 saturated heterocycles. The van der Waals surface area contributed by atoms with Crippen LogP contribution in [0.5, 0.6) is 0 Å². The molecular weight excluding hydrogens is 256 g/mol. The lowest BCUT2D eigenvalue weighted by Gasteiger charge is -2.32. The number of carbonyl (C=O) groups is 2. The summed E-state index contributed by atoms with van der Waals surface area (Å²) in [7, 11) is 0. The molecule has 7 heteroatoms. The van der Waals surface area contributed by atoms with Crippen LogP contribution >= 0.6 is 11.6 Å². The first kappa shape index (κ1) is 12.9.